The standard InChI is InChI=1S/C8H8F5N3OS/c9-18(10,11,12,13)6-4-2-1-3-5(6)7(17)16-8(14)15/h1-4H,(H4,14,15,16,17). The van der Waals surface area contributed by atoms with Crippen LogP contribution in [0.2, 0.25) is 0 Å². The van der Waals surface area contributed by atoms with E-state index < -0.39 is 32.5 Å². The minimum absolute atomic E-state index is 0.108. The molecule has 0 atom stereocenters. The van der Waals surface area contributed by atoms with Gasteiger partial charge < -0.3 is 11.5 Å². The van der Waals surface area contributed by atoms with Crippen molar-refractivity contribution in [3.63, 3.8) is 0 Å². The summed E-state index contributed by atoms with van der Waals surface area (Å²) in [6.07, 6.45) is 0. The number of aliphatic imine (C=N–C) groups is 1. The first-order valence-electron chi connectivity index (χ1n) is 4.28. The van der Waals surface area contributed by atoms with Gasteiger partial charge in [-0.1, -0.05) is 31.6 Å². The van der Waals surface area contributed by atoms with Gasteiger partial charge >= 0.3 is 10.2 Å². The average Bonchev–Trinajstić information content (AvgIpc) is 2.13. The fraction of sp³-hybridized carbons (Fsp3) is 0. The molecule has 1 aromatic carbocycles. The molecule has 102 valence electrons. The number of carbonyl (C=O) groups excluding carboxylic acids is 1. The molecule has 4 N–H and O–H groups in total. The molecule has 0 saturated carbocycles. The van der Waals surface area contributed by atoms with E-state index in [1.165, 1.54) is 0 Å². The van der Waals surface area contributed by atoms with Crippen LogP contribution in [-0.2, 0) is 0 Å². The lowest BCUT2D eigenvalue weighted by molar-refractivity contribution is 0.0997. The van der Waals surface area contributed by atoms with Crippen molar-refractivity contribution in [2.75, 3.05) is 0 Å². The maximum Gasteiger partial charge on any atom is 0.311 e. The maximum absolute atomic E-state index is 12.6. The molecule has 1 rings (SSSR count). The molecule has 4 nitrogen and oxygen atoms in total. The van der Waals surface area contributed by atoms with Crippen LogP contribution in [0, 0.1) is 0 Å². The lowest BCUT2D eigenvalue weighted by Gasteiger charge is -2.41. The first-order chi connectivity index (χ1) is 7.81. The highest BCUT2D eigenvalue weighted by molar-refractivity contribution is 8.45. The fourth-order valence-corrected chi connectivity index (χ4v) is 2.06. The number of nitrogens with two attached hydrogens (primary N) is 2. The molecule has 0 spiro atoms. The Bertz CT molecular complexity index is 535. The highest BCUT2D eigenvalue weighted by atomic mass is 32.5. The van der Waals surface area contributed by atoms with E-state index in [9.17, 15) is 24.2 Å². The Labute approximate surface area is 98.2 Å². The molecule has 1 aromatic rings. The zero-order valence-corrected chi connectivity index (χ0v) is 9.43. The molecule has 0 radical (unpaired) electrons. The maximum atomic E-state index is 12.6. The van der Waals surface area contributed by atoms with E-state index in [0.29, 0.717) is 6.07 Å². The summed E-state index contributed by atoms with van der Waals surface area (Å²) in [5, 5.41) is 0. The Kier molecular flexibility index (Phi) is 2.64. The third kappa shape index (κ3) is 3.32. The van der Waals surface area contributed by atoms with Gasteiger partial charge in [-0.3, -0.25) is 4.79 Å². The Balaban J connectivity index is 3.53. The first kappa shape index (κ1) is 14.2. The van der Waals surface area contributed by atoms with E-state index >= 15 is 0 Å². The number of carbonyl (C=O) groups is 1. The van der Waals surface area contributed by atoms with Gasteiger partial charge in [-0.25, -0.2) is 0 Å². The quantitative estimate of drug-likeness (QED) is 0.499. The van der Waals surface area contributed by atoms with Crippen LogP contribution in [0.25, 0.3) is 0 Å². The van der Waals surface area contributed by atoms with Gasteiger partial charge in [0.1, 0.15) is 4.90 Å². The van der Waals surface area contributed by atoms with Gasteiger partial charge in [-0.15, -0.1) is 0 Å². The van der Waals surface area contributed by atoms with Crippen LogP contribution in [0.3, 0.4) is 0 Å². The Hall–Kier alpha value is -1.84. The summed E-state index contributed by atoms with van der Waals surface area (Å²) in [6, 6.07) is 2.40. The normalized spacial score (nSPS) is 15.4. The molecule has 0 aromatic heterocycles. The average molecular weight is 289 g/mol. The summed E-state index contributed by atoms with van der Waals surface area (Å²) in [4.78, 5) is 11.7. The molecule has 0 aliphatic heterocycles. The number of rotatable bonds is 2. The van der Waals surface area contributed by atoms with E-state index in [0.717, 1.165) is 12.1 Å². The van der Waals surface area contributed by atoms with Gasteiger partial charge in [0.15, 0.2) is 5.96 Å². The number of halogens is 5. The smallest absolute Gasteiger partial charge is 0.311 e. The Morgan fingerprint density at radius 1 is 1.06 bits per heavy atom. The van der Waals surface area contributed by atoms with E-state index in [1.807, 2.05) is 0 Å². The Morgan fingerprint density at radius 3 is 2.00 bits per heavy atom. The van der Waals surface area contributed by atoms with Crippen LogP contribution >= 0.6 is 10.2 Å². The van der Waals surface area contributed by atoms with Crippen LogP contribution in [-0.4, -0.2) is 11.9 Å². The van der Waals surface area contributed by atoms with Crippen LogP contribution in [0.15, 0.2) is 34.2 Å². The number of hydrogen-bond donors (Lipinski definition) is 2. The SMILES string of the molecule is NC(N)=NC(=O)c1ccccc1S(F)(F)(F)(F)F. The number of amides is 1. The van der Waals surface area contributed by atoms with E-state index in [2.05, 4.69) is 4.99 Å². The van der Waals surface area contributed by atoms with Crippen LogP contribution in [0.4, 0.5) is 19.4 Å². The second kappa shape index (κ2) is 3.34. The van der Waals surface area contributed by atoms with Crippen molar-refractivity contribution in [3.8, 4) is 0 Å². The van der Waals surface area contributed by atoms with Crippen LogP contribution in [0.5, 0.6) is 0 Å². The van der Waals surface area contributed by atoms with Crippen molar-refractivity contribution in [1.29, 1.82) is 0 Å². The molecule has 0 unspecified atom stereocenters. The predicted octanol–water partition coefficient (Wildman–Crippen LogP) is 2.76. The molecule has 0 fully saturated rings. The summed E-state index contributed by atoms with van der Waals surface area (Å²) < 4.78 is 63.2. The third-order valence-electron chi connectivity index (χ3n) is 1.76. The molecule has 0 aliphatic rings. The zero-order valence-electron chi connectivity index (χ0n) is 8.62. The predicted molar refractivity (Wildman–Crippen MR) is 58.0 cm³/mol. The van der Waals surface area contributed by atoms with Crippen molar-refractivity contribution >= 4 is 22.1 Å². The van der Waals surface area contributed by atoms with Crippen molar-refractivity contribution in [2.24, 2.45) is 16.5 Å². The lowest BCUT2D eigenvalue weighted by Crippen LogP contribution is -2.24. The number of hydrogen-bond acceptors (Lipinski definition) is 1. The highest BCUT2D eigenvalue weighted by Gasteiger charge is 2.66. The molecule has 1 amide bonds. The summed E-state index contributed by atoms with van der Waals surface area (Å²) >= 11 is 0. The highest BCUT2D eigenvalue weighted by Crippen LogP contribution is 3.02. The second-order valence-corrected chi connectivity index (χ2v) is 5.68. The summed E-state index contributed by atoms with van der Waals surface area (Å²) in [5.74, 6) is -2.41. The monoisotopic (exact) mass is 289 g/mol. The van der Waals surface area contributed by atoms with Crippen LogP contribution in [0.1, 0.15) is 10.4 Å². The Morgan fingerprint density at radius 2 is 1.56 bits per heavy atom. The van der Waals surface area contributed by atoms with E-state index in [1.54, 1.807) is 0 Å². The summed E-state index contributed by atoms with van der Waals surface area (Å²) in [6.45, 7) is 0. The van der Waals surface area contributed by atoms with Gasteiger partial charge in [0.2, 0.25) is 0 Å². The molecule has 0 heterocycles. The van der Waals surface area contributed by atoms with Gasteiger partial charge in [0.25, 0.3) is 5.91 Å². The topological polar surface area (TPSA) is 81.5 Å². The summed E-state index contributed by atoms with van der Waals surface area (Å²) in [5.41, 5.74) is 8.31. The summed E-state index contributed by atoms with van der Waals surface area (Å²) in [7, 11) is -9.97. The third-order valence-corrected chi connectivity index (χ3v) is 2.95. The van der Waals surface area contributed by atoms with E-state index in [-0.39, 0.29) is 6.07 Å². The van der Waals surface area contributed by atoms with Crippen molar-refractivity contribution < 1.29 is 24.2 Å². The first-order valence-corrected chi connectivity index (χ1v) is 6.23. The van der Waals surface area contributed by atoms with Crippen LogP contribution < -0.4 is 11.5 Å². The molecule has 0 saturated heterocycles. The van der Waals surface area contributed by atoms with Gasteiger partial charge in [-0.2, -0.15) is 4.99 Å². The molecule has 10 heteroatoms. The zero-order chi connectivity index (χ0) is 14.3. The second-order valence-electron chi connectivity index (χ2n) is 3.31. The fourth-order valence-electron chi connectivity index (χ4n) is 1.16. The molecule has 0 bridgehead atoms. The van der Waals surface area contributed by atoms with Crippen molar-refractivity contribution in [2.45, 2.75) is 4.90 Å². The van der Waals surface area contributed by atoms with Gasteiger partial charge in [0.05, 0.1) is 5.56 Å². The number of guanidine groups is 1. The molecular formula is C8H8F5N3OS. The van der Waals surface area contributed by atoms with Gasteiger partial charge in [0, 0.05) is 0 Å². The van der Waals surface area contributed by atoms with Gasteiger partial charge in [-0.05, 0) is 12.1 Å². The largest absolute Gasteiger partial charge is 0.370 e. The van der Waals surface area contributed by atoms with E-state index in [4.69, 9.17) is 11.5 Å². The molecular weight excluding hydrogens is 281 g/mol. The lowest BCUT2D eigenvalue weighted by atomic mass is 10.2. The molecule has 0 aliphatic carbocycles. The van der Waals surface area contributed by atoms with Crippen molar-refractivity contribution in [1.82, 2.24) is 0 Å². The molecule has 18 heavy (non-hydrogen) atoms. The number of nitrogens with zero attached hydrogens (tertiary/aromatic N) is 1. The minimum Gasteiger partial charge on any atom is -0.370 e. The minimum atomic E-state index is -9.97. The number of benzene rings is 1. The van der Waals surface area contributed by atoms with Crippen molar-refractivity contribution in [3.05, 3.63) is 29.8 Å².